The standard InChI is InChI=1S/C13H22ClNS/c1-13(2,3)12(4-7-14)15-8-5-11-6-9-16-10-11/h6,9-10,12,15H,4-5,7-8H2,1-3H3. The molecule has 0 aliphatic carbocycles. The normalized spacial score (nSPS) is 14.0. The van der Waals surface area contributed by atoms with Crippen LogP contribution in [-0.4, -0.2) is 18.5 Å². The van der Waals surface area contributed by atoms with Crippen LogP contribution in [0.3, 0.4) is 0 Å². The van der Waals surface area contributed by atoms with Crippen LogP contribution in [-0.2, 0) is 6.42 Å². The number of rotatable bonds is 6. The van der Waals surface area contributed by atoms with Gasteiger partial charge >= 0.3 is 0 Å². The Morgan fingerprint density at radius 2 is 2.19 bits per heavy atom. The van der Waals surface area contributed by atoms with Crippen molar-refractivity contribution < 1.29 is 0 Å². The predicted molar refractivity (Wildman–Crippen MR) is 74.6 cm³/mol. The maximum absolute atomic E-state index is 5.84. The second-order valence-corrected chi connectivity index (χ2v) is 6.39. The summed E-state index contributed by atoms with van der Waals surface area (Å²) in [5, 5.41) is 7.97. The minimum atomic E-state index is 0.281. The van der Waals surface area contributed by atoms with E-state index in [9.17, 15) is 0 Å². The van der Waals surface area contributed by atoms with Gasteiger partial charge in [-0.1, -0.05) is 20.8 Å². The molecule has 0 saturated heterocycles. The molecule has 1 N–H and O–H groups in total. The van der Waals surface area contributed by atoms with Crippen molar-refractivity contribution in [2.75, 3.05) is 12.4 Å². The van der Waals surface area contributed by atoms with Crippen molar-refractivity contribution in [2.45, 2.75) is 39.7 Å². The van der Waals surface area contributed by atoms with Crippen LogP contribution in [0.25, 0.3) is 0 Å². The summed E-state index contributed by atoms with van der Waals surface area (Å²) in [6.45, 7) is 7.83. The van der Waals surface area contributed by atoms with Gasteiger partial charge in [0.05, 0.1) is 0 Å². The van der Waals surface area contributed by atoms with Crippen LogP contribution in [0.2, 0.25) is 0 Å². The molecule has 3 heteroatoms. The highest BCUT2D eigenvalue weighted by atomic mass is 35.5. The van der Waals surface area contributed by atoms with Crippen molar-refractivity contribution in [3.8, 4) is 0 Å². The maximum atomic E-state index is 5.84. The summed E-state index contributed by atoms with van der Waals surface area (Å²) in [4.78, 5) is 0. The number of halogens is 1. The molecule has 1 rings (SSSR count). The van der Waals surface area contributed by atoms with Crippen molar-refractivity contribution in [3.05, 3.63) is 22.4 Å². The van der Waals surface area contributed by atoms with Crippen LogP contribution >= 0.6 is 22.9 Å². The number of hydrogen-bond donors (Lipinski definition) is 1. The first kappa shape index (κ1) is 14.0. The SMILES string of the molecule is CC(C)(C)C(CCCl)NCCc1ccsc1. The monoisotopic (exact) mass is 259 g/mol. The first-order valence-corrected chi connectivity index (χ1v) is 7.32. The van der Waals surface area contributed by atoms with E-state index in [1.807, 2.05) is 0 Å². The van der Waals surface area contributed by atoms with Crippen molar-refractivity contribution >= 4 is 22.9 Å². The van der Waals surface area contributed by atoms with Crippen molar-refractivity contribution in [2.24, 2.45) is 5.41 Å². The molecule has 0 fully saturated rings. The second kappa shape index (κ2) is 6.63. The van der Waals surface area contributed by atoms with E-state index < -0.39 is 0 Å². The average Bonchev–Trinajstić information content (AvgIpc) is 2.67. The van der Waals surface area contributed by atoms with Gasteiger partial charge in [0, 0.05) is 11.9 Å². The fourth-order valence-corrected chi connectivity index (χ4v) is 2.70. The predicted octanol–water partition coefficient (Wildman–Crippen LogP) is 3.92. The number of hydrogen-bond acceptors (Lipinski definition) is 2. The molecule has 1 unspecified atom stereocenters. The summed E-state index contributed by atoms with van der Waals surface area (Å²) in [5.74, 6) is 0.730. The Morgan fingerprint density at radius 1 is 1.44 bits per heavy atom. The summed E-state index contributed by atoms with van der Waals surface area (Å²) in [6, 6.07) is 2.70. The van der Waals surface area contributed by atoms with Gasteiger partial charge in [0.25, 0.3) is 0 Å². The quantitative estimate of drug-likeness (QED) is 0.764. The highest BCUT2D eigenvalue weighted by Crippen LogP contribution is 2.22. The molecule has 1 atom stereocenters. The largest absolute Gasteiger partial charge is 0.313 e. The number of alkyl halides is 1. The third kappa shape index (κ3) is 4.86. The maximum Gasteiger partial charge on any atom is 0.0238 e. The summed E-state index contributed by atoms with van der Waals surface area (Å²) >= 11 is 7.61. The third-order valence-corrected chi connectivity index (χ3v) is 3.78. The van der Waals surface area contributed by atoms with Gasteiger partial charge in [0.1, 0.15) is 0 Å². The van der Waals surface area contributed by atoms with Crippen molar-refractivity contribution in [1.82, 2.24) is 5.32 Å². The molecule has 0 bridgehead atoms. The zero-order chi connectivity index (χ0) is 12.0. The first-order chi connectivity index (χ1) is 7.54. The Kier molecular flexibility index (Phi) is 5.81. The van der Waals surface area contributed by atoms with E-state index in [-0.39, 0.29) is 5.41 Å². The summed E-state index contributed by atoms with van der Waals surface area (Å²) in [7, 11) is 0. The van der Waals surface area contributed by atoms with Gasteiger partial charge in [0.2, 0.25) is 0 Å². The summed E-state index contributed by atoms with van der Waals surface area (Å²) in [5.41, 5.74) is 1.71. The van der Waals surface area contributed by atoms with Crippen LogP contribution in [0, 0.1) is 5.41 Å². The second-order valence-electron chi connectivity index (χ2n) is 5.23. The molecule has 1 aromatic rings. The Balaban J connectivity index is 2.33. The van der Waals surface area contributed by atoms with Crippen molar-refractivity contribution in [3.63, 3.8) is 0 Å². The summed E-state index contributed by atoms with van der Waals surface area (Å²) < 4.78 is 0. The number of nitrogens with one attached hydrogen (secondary N) is 1. The smallest absolute Gasteiger partial charge is 0.0238 e. The number of thiophene rings is 1. The molecule has 0 spiro atoms. The zero-order valence-electron chi connectivity index (χ0n) is 10.4. The average molecular weight is 260 g/mol. The molecular formula is C13H22ClNS. The van der Waals surface area contributed by atoms with Gasteiger partial charge in [-0.3, -0.25) is 0 Å². The molecule has 0 aromatic carbocycles. The van der Waals surface area contributed by atoms with Gasteiger partial charge in [-0.15, -0.1) is 11.6 Å². The van der Waals surface area contributed by atoms with E-state index in [0.717, 1.165) is 25.3 Å². The highest BCUT2D eigenvalue weighted by Gasteiger charge is 2.22. The lowest BCUT2D eigenvalue weighted by atomic mass is 9.85. The van der Waals surface area contributed by atoms with Crippen LogP contribution in [0.15, 0.2) is 16.8 Å². The van der Waals surface area contributed by atoms with Gasteiger partial charge in [-0.25, -0.2) is 0 Å². The minimum absolute atomic E-state index is 0.281. The lowest BCUT2D eigenvalue weighted by Gasteiger charge is -2.31. The van der Waals surface area contributed by atoms with Crippen LogP contribution in [0.5, 0.6) is 0 Å². The minimum Gasteiger partial charge on any atom is -0.313 e. The Bertz CT molecular complexity index is 277. The molecule has 1 aromatic heterocycles. The molecular weight excluding hydrogens is 238 g/mol. The van der Waals surface area contributed by atoms with E-state index >= 15 is 0 Å². The molecule has 16 heavy (non-hydrogen) atoms. The molecule has 1 heterocycles. The summed E-state index contributed by atoms with van der Waals surface area (Å²) in [6.07, 6.45) is 2.15. The molecule has 0 radical (unpaired) electrons. The van der Waals surface area contributed by atoms with E-state index in [4.69, 9.17) is 11.6 Å². The lowest BCUT2D eigenvalue weighted by Crippen LogP contribution is -2.41. The van der Waals surface area contributed by atoms with Gasteiger partial charge in [0.15, 0.2) is 0 Å². The van der Waals surface area contributed by atoms with Crippen LogP contribution in [0.1, 0.15) is 32.8 Å². The molecule has 0 amide bonds. The van der Waals surface area contributed by atoms with E-state index in [1.54, 1.807) is 11.3 Å². The lowest BCUT2D eigenvalue weighted by molar-refractivity contribution is 0.263. The fourth-order valence-electron chi connectivity index (χ4n) is 1.78. The van der Waals surface area contributed by atoms with Gasteiger partial charge in [-0.05, 0) is 47.2 Å². The Labute approximate surface area is 108 Å². The van der Waals surface area contributed by atoms with Crippen LogP contribution in [0.4, 0.5) is 0 Å². The van der Waals surface area contributed by atoms with Crippen molar-refractivity contribution in [1.29, 1.82) is 0 Å². The third-order valence-electron chi connectivity index (χ3n) is 2.83. The molecule has 0 aliphatic rings. The highest BCUT2D eigenvalue weighted by molar-refractivity contribution is 7.07. The molecule has 0 aliphatic heterocycles. The van der Waals surface area contributed by atoms with E-state index in [0.29, 0.717) is 6.04 Å². The van der Waals surface area contributed by atoms with E-state index in [2.05, 4.69) is 42.9 Å². The Hall–Kier alpha value is -0.0500. The van der Waals surface area contributed by atoms with Gasteiger partial charge in [-0.2, -0.15) is 11.3 Å². The topological polar surface area (TPSA) is 12.0 Å². The molecule has 1 nitrogen and oxygen atoms in total. The zero-order valence-corrected chi connectivity index (χ0v) is 12.0. The molecule has 92 valence electrons. The fraction of sp³-hybridized carbons (Fsp3) is 0.692. The van der Waals surface area contributed by atoms with Gasteiger partial charge < -0.3 is 5.32 Å². The Morgan fingerprint density at radius 3 is 2.69 bits per heavy atom. The van der Waals surface area contributed by atoms with Crippen LogP contribution < -0.4 is 5.32 Å². The first-order valence-electron chi connectivity index (χ1n) is 5.84. The van der Waals surface area contributed by atoms with E-state index in [1.165, 1.54) is 5.56 Å². The molecule has 0 saturated carbocycles.